The zero-order chi connectivity index (χ0) is 19.4. The zero-order valence-electron chi connectivity index (χ0n) is 16.1. The first kappa shape index (κ1) is 14.9. The van der Waals surface area contributed by atoms with Gasteiger partial charge in [0.05, 0.1) is 16.6 Å². The minimum Gasteiger partial charge on any atom is -0.354 e. The van der Waals surface area contributed by atoms with Crippen molar-refractivity contribution >= 4 is 70.7 Å². The van der Waals surface area contributed by atoms with Crippen molar-refractivity contribution in [3.63, 3.8) is 0 Å². The van der Waals surface area contributed by atoms with Crippen LogP contribution in [-0.4, -0.2) is 9.38 Å². The maximum absolute atomic E-state index is 3.59. The Bertz CT molecular complexity index is 1950. The molecule has 0 saturated heterocycles. The highest BCUT2D eigenvalue weighted by Gasteiger charge is 2.19. The topological polar surface area (TPSA) is 20.2 Å². The molecule has 0 spiro atoms. The quantitative estimate of drug-likeness (QED) is 0.279. The van der Waals surface area contributed by atoms with Crippen molar-refractivity contribution < 1.29 is 0 Å². The summed E-state index contributed by atoms with van der Waals surface area (Å²) in [7, 11) is 0. The lowest BCUT2D eigenvalue weighted by Crippen LogP contribution is -1.83. The smallest absolute Gasteiger partial charge is 0.0620 e. The third-order valence-electron chi connectivity index (χ3n) is 6.82. The molecule has 0 atom stereocenters. The molecule has 0 aliphatic rings. The minimum absolute atomic E-state index is 1.19. The molecular formula is C28H16N2. The van der Waals surface area contributed by atoms with Crippen LogP contribution in [0.5, 0.6) is 0 Å². The highest BCUT2D eigenvalue weighted by molar-refractivity contribution is 6.28. The summed E-state index contributed by atoms with van der Waals surface area (Å²) in [5, 5.41) is 10.5. The van der Waals surface area contributed by atoms with Gasteiger partial charge in [0.25, 0.3) is 0 Å². The number of nitrogens with zero attached hydrogens (tertiary/aromatic N) is 1. The number of hydrogen-bond donors (Lipinski definition) is 1. The Morgan fingerprint density at radius 3 is 2.10 bits per heavy atom. The Morgan fingerprint density at radius 2 is 1.17 bits per heavy atom. The Balaban J connectivity index is 1.72. The number of para-hydroxylation sites is 3. The van der Waals surface area contributed by atoms with E-state index in [1.54, 1.807) is 0 Å². The number of aromatic nitrogens is 2. The minimum atomic E-state index is 1.19. The molecule has 0 radical (unpaired) electrons. The van der Waals surface area contributed by atoms with Gasteiger partial charge >= 0.3 is 0 Å². The van der Waals surface area contributed by atoms with Crippen LogP contribution in [-0.2, 0) is 0 Å². The average Bonchev–Trinajstić information content (AvgIpc) is 3.44. The average molecular weight is 380 g/mol. The van der Waals surface area contributed by atoms with Crippen LogP contribution in [0, 0.1) is 0 Å². The standard InChI is InChI=1S/C28H16N2/c1-3-10-24-17(6-1)23-15-22-16(14-25(23)29-24)12-13-21-20-9-5-8-19-18-7-2-4-11-26(18)30(27(19)20)28(21)22/h1-15,29H. The Hall–Kier alpha value is -4.04. The molecule has 30 heavy (non-hydrogen) atoms. The number of H-pyrrole nitrogens is 1. The van der Waals surface area contributed by atoms with Crippen molar-refractivity contribution in [3.05, 3.63) is 91.0 Å². The Labute approximate surface area is 171 Å². The van der Waals surface area contributed by atoms with Gasteiger partial charge in [-0.3, -0.25) is 0 Å². The number of nitrogens with one attached hydrogen (secondary N) is 1. The maximum atomic E-state index is 3.59. The molecule has 2 nitrogen and oxygen atoms in total. The third-order valence-corrected chi connectivity index (χ3v) is 6.82. The van der Waals surface area contributed by atoms with E-state index in [0.29, 0.717) is 0 Å². The van der Waals surface area contributed by atoms with E-state index in [-0.39, 0.29) is 0 Å². The van der Waals surface area contributed by atoms with E-state index in [4.69, 9.17) is 0 Å². The molecule has 3 aromatic heterocycles. The summed E-state index contributed by atoms with van der Waals surface area (Å²) in [6, 6.07) is 33.3. The van der Waals surface area contributed by atoms with Crippen molar-refractivity contribution in [2.45, 2.75) is 0 Å². The van der Waals surface area contributed by atoms with E-state index < -0.39 is 0 Å². The monoisotopic (exact) mass is 380 g/mol. The molecule has 0 bridgehead atoms. The maximum Gasteiger partial charge on any atom is 0.0620 e. The molecule has 2 heteroatoms. The van der Waals surface area contributed by atoms with E-state index in [0.717, 1.165) is 0 Å². The first-order valence-electron chi connectivity index (χ1n) is 10.4. The van der Waals surface area contributed by atoms with Crippen LogP contribution < -0.4 is 0 Å². The SMILES string of the molecule is c1ccc2c(c1)[nH]c1cc3ccc4c5cccc6c7ccccc7n(c4c3cc12)c65. The fourth-order valence-electron chi connectivity index (χ4n) is 5.58. The molecule has 0 amide bonds. The van der Waals surface area contributed by atoms with Crippen LogP contribution in [0.2, 0.25) is 0 Å². The molecule has 0 fully saturated rings. The first-order valence-corrected chi connectivity index (χ1v) is 10.4. The van der Waals surface area contributed by atoms with Crippen LogP contribution in [0.15, 0.2) is 91.0 Å². The first-order chi connectivity index (χ1) is 14.9. The Kier molecular flexibility index (Phi) is 2.44. The second-order valence-electron chi connectivity index (χ2n) is 8.31. The summed E-state index contributed by atoms with van der Waals surface area (Å²) in [5.74, 6) is 0. The summed E-state index contributed by atoms with van der Waals surface area (Å²) >= 11 is 0. The van der Waals surface area contributed by atoms with Crippen LogP contribution in [0.3, 0.4) is 0 Å². The largest absolute Gasteiger partial charge is 0.354 e. The summed E-state index contributed by atoms with van der Waals surface area (Å²) < 4.78 is 2.48. The fourth-order valence-corrected chi connectivity index (χ4v) is 5.58. The second-order valence-corrected chi connectivity index (χ2v) is 8.31. The number of rotatable bonds is 0. The predicted octanol–water partition coefficient (Wildman–Crippen LogP) is 7.62. The molecule has 1 N–H and O–H groups in total. The number of aromatic amines is 1. The molecule has 5 aromatic carbocycles. The van der Waals surface area contributed by atoms with E-state index in [1.807, 2.05) is 0 Å². The summed E-state index contributed by atoms with van der Waals surface area (Å²) in [4.78, 5) is 3.59. The molecule has 8 rings (SSSR count). The van der Waals surface area contributed by atoms with E-state index >= 15 is 0 Å². The van der Waals surface area contributed by atoms with Crippen LogP contribution >= 0.6 is 0 Å². The van der Waals surface area contributed by atoms with Crippen molar-refractivity contribution in [1.29, 1.82) is 0 Å². The molecule has 0 aliphatic carbocycles. The van der Waals surface area contributed by atoms with Gasteiger partial charge in [-0.05, 0) is 29.7 Å². The predicted molar refractivity (Wildman–Crippen MR) is 128 cm³/mol. The van der Waals surface area contributed by atoms with Gasteiger partial charge in [-0.2, -0.15) is 0 Å². The second kappa shape index (κ2) is 4.92. The van der Waals surface area contributed by atoms with Crippen molar-refractivity contribution in [2.24, 2.45) is 0 Å². The van der Waals surface area contributed by atoms with Gasteiger partial charge in [-0.25, -0.2) is 0 Å². The molecule has 0 saturated carbocycles. The van der Waals surface area contributed by atoms with Crippen LogP contribution in [0.25, 0.3) is 70.7 Å². The molecule has 8 aromatic rings. The van der Waals surface area contributed by atoms with Gasteiger partial charge in [0, 0.05) is 48.7 Å². The van der Waals surface area contributed by atoms with Gasteiger partial charge in [0.15, 0.2) is 0 Å². The highest BCUT2D eigenvalue weighted by atomic mass is 14.9. The van der Waals surface area contributed by atoms with Crippen molar-refractivity contribution in [3.8, 4) is 0 Å². The zero-order valence-corrected chi connectivity index (χ0v) is 16.1. The van der Waals surface area contributed by atoms with E-state index in [2.05, 4.69) is 100 Å². The van der Waals surface area contributed by atoms with E-state index in [9.17, 15) is 0 Å². The lowest BCUT2D eigenvalue weighted by atomic mass is 10.0. The molecule has 3 heterocycles. The van der Waals surface area contributed by atoms with Gasteiger partial charge < -0.3 is 9.38 Å². The third kappa shape index (κ3) is 1.60. The van der Waals surface area contributed by atoms with Gasteiger partial charge in [0.1, 0.15) is 0 Å². The summed E-state index contributed by atoms with van der Waals surface area (Å²) in [6.45, 7) is 0. The van der Waals surface area contributed by atoms with Crippen LogP contribution in [0.1, 0.15) is 0 Å². The number of fused-ring (bicyclic) bond motifs is 11. The number of benzene rings is 5. The van der Waals surface area contributed by atoms with Gasteiger partial charge in [-0.1, -0.05) is 66.7 Å². The summed E-state index contributed by atoms with van der Waals surface area (Å²) in [6.07, 6.45) is 0. The van der Waals surface area contributed by atoms with Crippen molar-refractivity contribution in [1.82, 2.24) is 9.38 Å². The lowest BCUT2D eigenvalue weighted by molar-refractivity contribution is 1.38. The van der Waals surface area contributed by atoms with Crippen LogP contribution in [0.4, 0.5) is 0 Å². The van der Waals surface area contributed by atoms with Gasteiger partial charge in [0.2, 0.25) is 0 Å². The molecule has 138 valence electrons. The van der Waals surface area contributed by atoms with E-state index in [1.165, 1.54) is 70.7 Å². The Morgan fingerprint density at radius 1 is 0.467 bits per heavy atom. The van der Waals surface area contributed by atoms with Crippen molar-refractivity contribution in [2.75, 3.05) is 0 Å². The highest BCUT2D eigenvalue weighted by Crippen LogP contribution is 2.42. The summed E-state index contributed by atoms with van der Waals surface area (Å²) in [5.41, 5.74) is 6.32. The molecule has 0 aliphatic heterocycles. The molecular weight excluding hydrogens is 364 g/mol. The normalized spacial score (nSPS) is 12.7. The number of hydrogen-bond acceptors (Lipinski definition) is 0. The van der Waals surface area contributed by atoms with Gasteiger partial charge in [-0.15, -0.1) is 0 Å². The fraction of sp³-hybridized carbons (Fsp3) is 0. The lowest BCUT2D eigenvalue weighted by Gasteiger charge is -2.04. The molecule has 0 unspecified atom stereocenters.